The third-order valence-corrected chi connectivity index (χ3v) is 2.98. The highest BCUT2D eigenvalue weighted by Crippen LogP contribution is 2.07. The Morgan fingerprint density at radius 2 is 1.67 bits per heavy atom. The van der Waals surface area contributed by atoms with Crippen molar-refractivity contribution >= 4 is 11.9 Å². The molecule has 1 amide bonds. The van der Waals surface area contributed by atoms with Gasteiger partial charge in [0.15, 0.2) is 0 Å². The predicted octanol–water partition coefficient (Wildman–Crippen LogP) is 0.917. The summed E-state index contributed by atoms with van der Waals surface area (Å²) >= 11 is 0. The summed E-state index contributed by atoms with van der Waals surface area (Å²) in [6.07, 6.45) is 0.0290. The summed E-state index contributed by atoms with van der Waals surface area (Å²) in [5.41, 5.74) is 0.960. The first-order valence-electron chi connectivity index (χ1n) is 6.37. The van der Waals surface area contributed by atoms with Crippen molar-refractivity contribution in [2.45, 2.75) is 12.5 Å². The Bertz CT molecular complexity index is 626. The number of hydrogen-bond donors (Lipinski definition) is 1. The molecule has 0 saturated heterocycles. The molecule has 0 fully saturated rings. The molecule has 0 aromatic heterocycles. The lowest BCUT2D eigenvalue weighted by molar-refractivity contribution is -0.308. The first-order chi connectivity index (χ1) is 10.1. The maximum Gasteiger partial charge on any atom is 0.251 e. The number of carbonyl (C=O) groups excluding carboxylic acids is 2. The molecule has 0 aliphatic heterocycles. The molecular formula is C16H13FNO3-. The molecule has 0 aliphatic carbocycles. The van der Waals surface area contributed by atoms with E-state index in [-0.39, 0.29) is 6.42 Å². The van der Waals surface area contributed by atoms with Crippen LogP contribution in [-0.4, -0.2) is 17.9 Å². The van der Waals surface area contributed by atoms with E-state index in [0.29, 0.717) is 11.1 Å². The van der Waals surface area contributed by atoms with Gasteiger partial charge < -0.3 is 15.2 Å². The number of rotatable bonds is 5. The lowest BCUT2D eigenvalue weighted by atomic mass is 10.1. The first kappa shape index (κ1) is 14.7. The molecule has 108 valence electrons. The second-order valence-corrected chi connectivity index (χ2v) is 4.54. The minimum atomic E-state index is -1.39. The highest BCUT2D eigenvalue weighted by Gasteiger charge is 2.15. The quantitative estimate of drug-likeness (QED) is 0.888. The average Bonchev–Trinajstić information content (AvgIpc) is 2.49. The summed E-state index contributed by atoms with van der Waals surface area (Å²) in [5.74, 6) is -2.28. The lowest BCUT2D eigenvalue weighted by Crippen LogP contribution is -2.49. The van der Waals surface area contributed by atoms with Crippen molar-refractivity contribution in [2.24, 2.45) is 0 Å². The molecule has 4 nitrogen and oxygen atoms in total. The summed E-state index contributed by atoms with van der Waals surface area (Å²) < 4.78 is 12.8. The Morgan fingerprint density at radius 1 is 1.05 bits per heavy atom. The standard InChI is InChI=1S/C16H14FNO3/c17-13-8-6-11(7-9-13)10-14(16(20)21)18-15(19)12-4-2-1-3-5-12/h1-9,14H,10H2,(H,18,19)(H,20,21)/p-1/t14-/m1/s1. The fourth-order valence-electron chi connectivity index (χ4n) is 1.88. The van der Waals surface area contributed by atoms with Crippen LogP contribution in [0.4, 0.5) is 4.39 Å². The molecule has 2 aromatic carbocycles. The normalized spacial score (nSPS) is 11.7. The van der Waals surface area contributed by atoms with E-state index in [1.54, 1.807) is 30.3 Å². The maximum absolute atomic E-state index is 12.8. The molecule has 2 rings (SSSR count). The van der Waals surface area contributed by atoms with Gasteiger partial charge in [0.1, 0.15) is 5.82 Å². The van der Waals surface area contributed by atoms with E-state index in [1.165, 1.54) is 24.3 Å². The Hall–Kier alpha value is -2.69. The first-order valence-corrected chi connectivity index (χ1v) is 6.37. The van der Waals surface area contributed by atoms with Crippen molar-refractivity contribution in [1.29, 1.82) is 0 Å². The number of carbonyl (C=O) groups is 2. The zero-order chi connectivity index (χ0) is 15.2. The molecule has 5 heteroatoms. The van der Waals surface area contributed by atoms with Crippen molar-refractivity contribution < 1.29 is 19.1 Å². The second-order valence-electron chi connectivity index (χ2n) is 4.54. The molecule has 0 unspecified atom stereocenters. The zero-order valence-corrected chi connectivity index (χ0v) is 11.1. The number of carboxylic acids is 1. The molecule has 0 spiro atoms. The molecule has 1 N–H and O–H groups in total. The van der Waals surface area contributed by atoms with E-state index in [1.807, 2.05) is 0 Å². The molecular weight excluding hydrogens is 273 g/mol. The number of amides is 1. The molecule has 0 bridgehead atoms. The van der Waals surface area contributed by atoms with Gasteiger partial charge in [-0.25, -0.2) is 4.39 Å². The van der Waals surface area contributed by atoms with Crippen LogP contribution in [0.1, 0.15) is 15.9 Å². The molecule has 2 aromatic rings. The van der Waals surface area contributed by atoms with Gasteiger partial charge in [0.2, 0.25) is 0 Å². The van der Waals surface area contributed by atoms with Crippen LogP contribution in [0.25, 0.3) is 0 Å². The van der Waals surface area contributed by atoms with Crippen molar-refractivity contribution in [2.75, 3.05) is 0 Å². The van der Waals surface area contributed by atoms with Gasteiger partial charge in [0.05, 0.1) is 12.0 Å². The SMILES string of the molecule is O=C(N[C@H](Cc1ccc(F)cc1)C(=O)[O-])c1ccccc1. The van der Waals surface area contributed by atoms with Crippen LogP contribution in [0, 0.1) is 5.82 Å². The third kappa shape index (κ3) is 4.14. The fourth-order valence-corrected chi connectivity index (χ4v) is 1.88. The summed E-state index contributed by atoms with van der Waals surface area (Å²) in [7, 11) is 0. The highest BCUT2D eigenvalue weighted by atomic mass is 19.1. The Balaban J connectivity index is 2.07. The number of hydrogen-bond acceptors (Lipinski definition) is 3. The second kappa shape index (κ2) is 6.65. The van der Waals surface area contributed by atoms with E-state index < -0.39 is 23.7 Å². The minimum absolute atomic E-state index is 0.0290. The van der Waals surface area contributed by atoms with Crippen molar-refractivity contribution in [3.8, 4) is 0 Å². The number of benzene rings is 2. The highest BCUT2D eigenvalue weighted by molar-refractivity contribution is 5.96. The number of carboxylic acid groups (broad SMARTS) is 1. The average molecular weight is 286 g/mol. The van der Waals surface area contributed by atoms with Crippen molar-refractivity contribution in [3.05, 3.63) is 71.5 Å². The molecule has 21 heavy (non-hydrogen) atoms. The minimum Gasteiger partial charge on any atom is -0.548 e. The monoisotopic (exact) mass is 286 g/mol. The van der Waals surface area contributed by atoms with Crippen LogP contribution in [0.5, 0.6) is 0 Å². The van der Waals surface area contributed by atoms with Crippen molar-refractivity contribution in [1.82, 2.24) is 5.32 Å². The summed E-state index contributed by atoms with van der Waals surface area (Å²) in [6, 6.07) is 12.5. The molecule has 0 saturated carbocycles. The predicted molar refractivity (Wildman–Crippen MR) is 72.8 cm³/mol. The topological polar surface area (TPSA) is 69.2 Å². The molecule has 0 radical (unpaired) electrons. The zero-order valence-electron chi connectivity index (χ0n) is 11.1. The number of nitrogens with one attached hydrogen (secondary N) is 1. The number of aliphatic carboxylic acids is 1. The maximum atomic E-state index is 12.8. The smallest absolute Gasteiger partial charge is 0.251 e. The van der Waals surface area contributed by atoms with Gasteiger partial charge in [-0.15, -0.1) is 0 Å². The third-order valence-electron chi connectivity index (χ3n) is 2.98. The van der Waals surface area contributed by atoms with E-state index in [4.69, 9.17) is 0 Å². The van der Waals surface area contributed by atoms with E-state index in [0.717, 1.165) is 0 Å². The van der Waals surface area contributed by atoms with Crippen LogP contribution in [0.2, 0.25) is 0 Å². The van der Waals surface area contributed by atoms with E-state index in [9.17, 15) is 19.1 Å². The van der Waals surface area contributed by atoms with Gasteiger partial charge in [-0.2, -0.15) is 0 Å². The molecule has 0 aliphatic rings. The lowest BCUT2D eigenvalue weighted by Gasteiger charge is -2.20. The van der Waals surface area contributed by atoms with E-state index >= 15 is 0 Å². The van der Waals surface area contributed by atoms with Gasteiger partial charge in [-0.3, -0.25) is 4.79 Å². The summed E-state index contributed by atoms with van der Waals surface area (Å²) in [4.78, 5) is 23.1. The number of halogens is 1. The van der Waals surface area contributed by atoms with Crippen molar-refractivity contribution in [3.63, 3.8) is 0 Å². The van der Waals surface area contributed by atoms with Gasteiger partial charge in [0.25, 0.3) is 5.91 Å². The molecule has 1 atom stereocenters. The van der Waals surface area contributed by atoms with Crippen LogP contribution >= 0.6 is 0 Å². The van der Waals surface area contributed by atoms with Gasteiger partial charge in [0, 0.05) is 5.56 Å². The van der Waals surface area contributed by atoms with Crippen LogP contribution in [0.3, 0.4) is 0 Å². The fraction of sp³-hybridized carbons (Fsp3) is 0.125. The van der Waals surface area contributed by atoms with Crippen LogP contribution in [-0.2, 0) is 11.2 Å². The Morgan fingerprint density at radius 3 is 2.24 bits per heavy atom. The van der Waals surface area contributed by atoms with Gasteiger partial charge in [-0.05, 0) is 36.2 Å². The molecule has 0 heterocycles. The van der Waals surface area contributed by atoms with Gasteiger partial charge >= 0.3 is 0 Å². The van der Waals surface area contributed by atoms with E-state index in [2.05, 4.69) is 5.32 Å². The van der Waals surface area contributed by atoms with Crippen LogP contribution < -0.4 is 10.4 Å². The Labute approximate surface area is 121 Å². The largest absolute Gasteiger partial charge is 0.548 e. The van der Waals surface area contributed by atoms with Gasteiger partial charge in [-0.1, -0.05) is 30.3 Å². The summed E-state index contributed by atoms with van der Waals surface area (Å²) in [6.45, 7) is 0. The van der Waals surface area contributed by atoms with Crippen LogP contribution in [0.15, 0.2) is 54.6 Å². The summed E-state index contributed by atoms with van der Waals surface area (Å²) in [5, 5.41) is 13.5. The Kier molecular flexibility index (Phi) is 4.66.